The number of carboxylic acid groups (broad SMARTS) is 1. The third-order valence-corrected chi connectivity index (χ3v) is 3.66. The highest BCUT2D eigenvalue weighted by atomic mass is 16.5. The lowest BCUT2D eigenvalue weighted by atomic mass is 10.2. The molecular formula is C20H20N2O5. The molecule has 0 unspecified atom stereocenters. The van der Waals surface area contributed by atoms with Crippen molar-refractivity contribution in [2.24, 2.45) is 0 Å². The quantitative estimate of drug-likeness (QED) is 0.732. The monoisotopic (exact) mass is 368 g/mol. The minimum Gasteiger partial charge on any atom is -0.497 e. The fraction of sp³-hybridized carbons (Fsp3) is 0.150. The number of hydrogen-bond donors (Lipinski definition) is 2. The summed E-state index contributed by atoms with van der Waals surface area (Å²) in [4.78, 5) is 36.4. The van der Waals surface area contributed by atoms with Crippen LogP contribution in [0.5, 0.6) is 5.75 Å². The van der Waals surface area contributed by atoms with Crippen molar-refractivity contribution in [3.63, 3.8) is 0 Å². The van der Waals surface area contributed by atoms with E-state index in [1.165, 1.54) is 36.2 Å². The van der Waals surface area contributed by atoms with E-state index in [0.717, 1.165) is 5.56 Å². The van der Waals surface area contributed by atoms with E-state index in [1.807, 2.05) is 12.1 Å². The van der Waals surface area contributed by atoms with Crippen molar-refractivity contribution < 1.29 is 24.2 Å². The largest absolute Gasteiger partial charge is 0.497 e. The van der Waals surface area contributed by atoms with Crippen molar-refractivity contribution in [3.05, 3.63) is 65.7 Å². The number of hydrogen-bond acceptors (Lipinski definition) is 4. The third-order valence-electron chi connectivity index (χ3n) is 3.66. The van der Waals surface area contributed by atoms with Crippen molar-refractivity contribution in [1.29, 1.82) is 0 Å². The Balaban J connectivity index is 1.93. The molecule has 7 heteroatoms. The number of rotatable bonds is 7. The topological polar surface area (TPSA) is 95.9 Å². The predicted molar refractivity (Wildman–Crippen MR) is 102 cm³/mol. The Morgan fingerprint density at radius 2 is 1.89 bits per heavy atom. The van der Waals surface area contributed by atoms with Gasteiger partial charge in [-0.05, 0) is 42.0 Å². The fourth-order valence-electron chi connectivity index (χ4n) is 2.26. The summed E-state index contributed by atoms with van der Waals surface area (Å²) in [6, 6.07) is 13.1. The van der Waals surface area contributed by atoms with Gasteiger partial charge in [-0.2, -0.15) is 0 Å². The summed E-state index contributed by atoms with van der Waals surface area (Å²) in [5.74, 6) is -1.17. The molecule has 140 valence electrons. The molecule has 0 spiro atoms. The number of likely N-dealkylation sites (N-methyl/N-ethyl adjacent to an activating group) is 1. The summed E-state index contributed by atoms with van der Waals surface area (Å²) in [5, 5.41) is 11.5. The number of ether oxygens (including phenoxy) is 1. The third kappa shape index (κ3) is 6.00. The number of carbonyl (C=O) groups excluding carboxylic acids is 2. The van der Waals surface area contributed by atoms with Gasteiger partial charge in [0.15, 0.2) is 0 Å². The second-order valence-corrected chi connectivity index (χ2v) is 5.74. The maximum Gasteiger partial charge on any atom is 0.335 e. The molecule has 27 heavy (non-hydrogen) atoms. The normalized spacial score (nSPS) is 10.4. The molecule has 2 aromatic carbocycles. The van der Waals surface area contributed by atoms with Gasteiger partial charge in [0.2, 0.25) is 11.8 Å². The Morgan fingerprint density at radius 1 is 1.15 bits per heavy atom. The molecule has 0 saturated heterocycles. The van der Waals surface area contributed by atoms with Crippen LogP contribution in [0.25, 0.3) is 6.08 Å². The number of carboxylic acids is 1. The van der Waals surface area contributed by atoms with Gasteiger partial charge in [-0.25, -0.2) is 4.79 Å². The standard InChI is InChI=1S/C20H20N2O5/c1-22(19(24)10-9-14-5-3-8-17(11-14)27-2)13-18(23)21-16-7-4-6-15(12-16)20(25)26/h3-12H,13H2,1-2H3,(H,21,23)(H,25,26)/b10-9+. The number of methoxy groups -OCH3 is 1. The highest BCUT2D eigenvalue weighted by Gasteiger charge is 2.11. The Kier molecular flexibility index (Phi) is 6.71. The number of nitrogens with one attached hydrogen (secondary N) is 1. The number of aromatic carboxylic acids is 1. The Bertz CT molecular complexity index is 876. The molecule has 0 saturated carbocycles. The van der Waals surface area contributed by atoms with Crippen LogP contribution >= 0.6 is 0 Å². The van der Waals surface area contributed by atoms with E-state index < -0.39 is 11.9 Å². The number of benzene rings is 2. The molecule has 0 atom stereocenters. The molecular weight excluding hydrogens is 348 g/mol. The van der Waals surface area contributed by atoms with E-state index in [1.54, 1.807) is 31.4 Å². The van der Waals surface area contributed by atoms with E-state index in [9.17, 15) is 14.4 Å². The lowest BCUT2D eigenvalue weighted by molar-refractivity contribution is -0.129. The van der Waals surface area contributed by atoms with E-state index in [0.29, 0.717) is 11.4 Å². The molecule has 0 aliphatic heterocycles. The smallest absolute Gasteiger partial charge is 0.335 e. The predicted octanol–water partition coefficient (Wildman–Crippen LogP) is 2.50. The fourth-order valence-corrected chi connectivity index (χ4v) is 2.26. The Hall–Kier alpha value is -3.61. The first-order chi connectivity index (χ1) is 12.9. The lowest BCUT2D eigenvalue weighted by Crippen LogP contribution is -2.33. The van der Waals surface area contributed by atoms with Gasteiger partial charge < -0.3 is 20.1 Å². The van der Waals surface area contributed by atoms with Crippen LogP contribution in [-0.4, -0.2) is 48.5 Å². The second-order valence-electron chi connectivity index (χ2n) is 5.74. The van der Waals surface area contributed by atoms with Crippen LogP contribution in [0.1, 0.15) is 15.9 Å². The van der Waals surface area contributed by atoms with Crippen LogP contribution in [0.2, 0.25) is 0 Å². The number of nitrogens with zero attached hydrogens (tertiary/aromatic N) is 1. The van der Waals surface area contributed by atoms with Crippen LogP contribution in [0.3, 0.4) is 0 Å². The van der Waals surface area contributed by atoms with Gasteiger partial charge in [0.05, 0.1) is 19.2 Å². The van der Waals surface area contributed by atoms with Crippen LogP contribution < -0.4 is 10.1 Å². The summed E-state index contributed by atoms with van der Waals surface area (Å²) in [6.45, 7) is -0.168. The lowest BCUT2D eigenvalue weighted by Gasteiger charge is -2.15. The van der Waals surface area contributed by atoms with Crippen LogP contribution in [0.15, 0.2) is 54.6 Å². The molecule has 0 aromatic heterocycles. The minimum atomic E-state index is -1.08. The molecule has 2 amide bonds. The zero-order chi connectivity index (χ0) is 19.8. The van der Waals surface area contributed by atoms with Crippen molar-refractivity contribution in [1.82, 2.24) is 4.90 Å². The maximum absolute atomic E-state index is 12.2. The maximum atomic E-state index is 12.2. The van der Waals surface area contributed by atoms with Gasteiger partial charge in [-0.3, -0.25) is 9.59 Å². The van der Waals surface area contributed by atoms with E-state index >= 15 is 0 Å². The number of anilines is 1. The molecule has 2 aromatic rings. The van der Waals surface area contributed by atoms with Crippen molar-refractivity contribution in [2.75, 3.05) is 26.0 Å². The van der Waals surface area contributed by atoms with Crippen LogP contribution in [0, 0.1) is 0 Å². The van der Waals surface area contributed by atoms with Gasteiger partial charge in [-0.1, -0.05) is 18.2 Å². The first-order valence-electron chi connectivity index (χ1n) is 8.09. The van der Waals surface area contributed by atoms with Gasteiger partial charge >= 0.3 is 5.97 Å². The second kappa shape index (κ2) is 9.19. The summed E-state index contributed by atoms with van der Waals surface area (Å²) in [5.41, 5.74) is 1.22. The van der Waals surface area contributed by atoms with E-state index in [4.69, 9.17) is 9.84 Å². The van der Waals surface area contributed by atoms with Gasteiger partial charge in [0.1, 0.15) is 5.75 Å². The molecule has 2 rings (SSSR count). The van der Waals surface area contributed by atoms with Gasteiger partial charge in [0.25, 0.3) is 0 Å². The van der Waals surface area contributed by atoms with E-state index in [2.05, 4.69) is 5.32 Å². The SMILES string of the molecule is COc1cccc(/C=C/C(=O)N(C)CC(=O)Nc2cccc(C(=O)O)c2)c1. The summed E-state index contributed by atoms with van der Waals surface area (Å²) < 4.78 is 5.12. The average Bonchev–Trinajstić information content (AvgIpc) is 2.66. The first-order valence-corrected chi connectivity index (χ1v) is 8.09. The summed E-state index contributed by atoms with van der Waals surface area (Å²) in [6.07, 6.45) is 3.00. The molecule has 0 radical (unpaired) electrons. The van der Waals surface area contributed by atoms with Crippen LogP contribution in [0.4, 0.5) is 5.69 Å². The molecule has 2 N–H and O–H groups in total. The molecule has 0 heterocycles. The van der Waals surface area contributed by atoms with Gasteiger partial charge in [0, 0.05) is 18.8 Å². The minimum absolute atomic E-state index is 0.0680. The van der Waals surface area contributed by atoms with Gasteiger partial charge in [-0.15, -0.1) is 0 Å². The zero-order valence-corrected chi connectivity index (χ0v) is 15.0. The molecule has 7 nitrogen and oxygen atoms in total. The highest BCUT2D eigenvalue weighted by Crippen LogP contribution is 2.14. The van der Waals surface area contributed by atoms with Crippen molar-refractivity contribution >= 4 is 29.5 Å². The highest BCUT2D eigenvalue weighted by molar-refractivity contribution is 5.98. The molecule has 0 bridgehead atoms. The van der Waals surface area contributed by atoms with Crippen molar-refractivity contribution in [2.45, 2.75) is 0 Å². The molecule has 0 fully saturated rings. The number of amides is 2. The summed E-state index contributed by atoms with van der Waals surface area (Å²) in [7, 11) is 3.07. The first kappa shape index (κ1) is 19.7. The zero-order valence-electron chi connectivity index (χ0n) is 15.0. The molecule has 0 aliphatic rings. The van der Waals surface area contributed by atoms with Crippen molar-refractivity contribution in [3.8, 4) is 5.75 Å². The number of carbonyl (C=O) groups is 3. The Morgan fingerprint density at radius 3 is 2.59 bits per heavy atom. The molecule has 0 aliphatic carbocycles. The van der Waals surface area contributed by atoms with Crippen LogP contribution in [-0.2, 0) is 9.59 Å². The average molecular weight is 368 g/mol. The Labute approximate surface area is 156 Å². The summed E-state index contributed by atoms with van der Waals surface area (Å²) >= 11 is 0. The van der Waals surface area contributed by atoms with E-state index in [-0.39, 0.29) is 18.0 Å².